The number of fused-ring (bicyclic) bond motifs is 2. The zero-order valence-electron chi connectivity index (χ0n) is 13.0. The fourth-order valence-electron chi connectivity index (χ4n) is 3.87. The van der Waals surface area contributed by atoms with E-state index in [-0.39, 0.29) is 16.7 Å². The van der Waals surface area contributed by atoms with Crippen molar-refractivity contribution in [2.75, 3.05) is 6.61 Å². The molecule has 1 amide bonds. The summed E-state index contributed by atoms with van der Waals surface area (Å²) in [5, 5.41) is 0. The van der Waals surface area contributed by atoms with Crippen molar-refractivity contribution in [3.05, 3.63) is 23.8 Å². The van der Waals surface area contributed by atoms with Gasteiger partial charge in [-0.25, -0.2) is 13.1 Å². The minimum absolute atomic E-state index is 0.148. The molecule has 0 bridgehead atoms. The maximum absolute atomic E-state index is 12.5. The van der Waals surface area contributed by atoms with E-state index in [4.69, 9.17) is 4.74 Å². The Morgan fingerprint density at radius 2 is 2.04 bits per heavy atom. The first-order valence-corrected chi connectivity index (χ1v) is 9.83. The van der Waals surface area contributed by atoms with Gasteiger partial charge in [-0.3, -0.25) is 4.79 Å². The highest BCUT2D eigenvalue weighted by Gasteiger charge is 2.44. The lowest BCUT2D eigenvalue weighted by atomic mass is 9.89. The summed E-state index contributed by atoms with van der Waals surface area (Å²) >= 11 is 0. The molecule has 3 aliphatic rings. The molecule has 6 heteroatoms. The molecule has 1 aromatic rings. The highest BCUT2D eigenvalue weighted by atomic mass is 32.2. The van der Waals surface area contributed by atoms with Gasteiger partial charge in [-0.1, -0.05) is 0 Å². The summed E-state index contributed by atoms with van der Waals surface area (Å²) in [6.45, 7) is 0.666. The van der Waals surface area contributed by atoms with Crippen molar-refractivity contribution in [3.63, 3.8) is 0 Å². The normalized spacial score (nSPS) is 29.0. The number of carbonyl (C=O) groups is 1. The van der Waals surface area contributed by atoms with E-state index in [0.717, 1.165) is 49.3 Å². The van der Waals surface area contributed by atoms with Crippen molar-refractivity contribution in [2.24, 2.45) is 17.8 Å². The number of sulfonamides is 1. The molecular weight excluding hydrogens is 314 g/mol. The molecule has 23 heavy (non-hydrogen) atoms. The molecular formula is C17H21NO4S. The molecule has 2 aliphatic carbocycles. The van der Waals surface area contributed by atoms with Crippen LogP contribution >= 0.6 is 0 Å². The van der Waals surface area contributed by atoms with Crippen molar-refractivity contribution in [3.8, 4) is 5.75 Å². The number of carbonyl (C=O) groups excluding carboxylic acids is 1. The molecule has 0 spiro atoms. The predicted molar refractivity (Wildman–Crippen MR) is 84.5 cm³/mol. The highest BCUT2D eigenvalue weighted by Crippen LogP contribution is 2.51. The lowest BCUT2D eigenvalue weighted by Crippen LogP contribution is -2.36. The van der Waals surface area contributed by atoms with Gasteiger partial charge in [-0.15, -0.1) is 0 Å². The van der Waals surface area contributed by atoms with Gasteiger partial charge in [0.2, 0.25) is 5.91 Å². The fourth-order valence-corrected chi connectivity index (χ4v) is 4.96. The van der Waals surface area contributed by atoms with Crippen molar-refractivity contribution >= 4 is 15.9 Å². The van der Waals surface area contributed by atoms with Crippen LogP contribution in [0, 0.1) is 17.8 Å². The number of benzene rings is 1. The number of amides is 1. The summed E-state index contributed by atoms with van der Waals surface area (Å²) in [4.78, 5) is 12.5. The molecule has 1 N–H and O–H groups in total. The second kappa shape index (κ2) is 5.51. The smallest absolute Gasteiger partial charge is 0.264 e. The summed E-state index contributed by atoms with van der Waals surface area (Å²) in [5.74, 6) is 1.67. The third-order valence-corrected chi connectivity index (χ3v) is 6.68. The molecule has 1 aromatic carbocycles. The van der Waals surface area contributed by atoms with Gasteiger partial charge >= 0.3 is 0 Å². The summed E-state index contributed by atoms with van der Waals surface area (Å²) < 4.78 is 32.8. The number of nitrogens with one attached hydrogen (secondary N) is 1. The second-order valence-electron chi connectivity index (χ2n) is 6.96. The van der Waals surface area contributed by atoms with E-state index in [1.165, 1.54) is 12.5 Å². The molecule has 1 aliphatic heterocycles. The molecule has 0 radical (unpaired) electrons. The second-order valence-corrected chi connectivity index (χ2v) is 8.64. The quantitative estimate of drug-likeness (QED) is 0.919. The Hall–Kier alpha value is -1.56. The number of aryl methyl sites for hydroxylation is 1. The van der Waals surface area contributed by atoms with E-state index >= 15 is 0 Å². The van der Waals surface area contributed by atoms with Gasteiger partial charge in [0.1, 0.15) is 5.75 Å². The Labute approximate surface area is 136 Å². The SMILES string of the molecule is O=C(NS(=O)(=O)c1ccc2c(c1)CCCO2)C1CCC2CC2C1. The topological polar surface area (TPSA) is 72.5 Å². The van der Waals surface area contributed by atoms with Gasteiger partial charge in [-0.05, 0) is 74.1 Å². The van der Waals surface area contributed by atoms with Crippen LogP contribution in [0.15, 0.2) is 23.1 Å². The van der Waals surface area contributed by atoms with Gasteiger partial charge in [0.05, 0.1) is 11.5 Å². The van der Waals surface area contributed by atoms with E-state index < -0.39 is 10.0 Å². The molecule has 1 heterocycles. The van der Waals surface area contributed by atoms with Crippen molar-refractivity contribution in [1.29, 1.82) is 0 Å². The average Bonchev–Trinajstić information content (AvgIpc) is 3.32. The lowest BCUT2D eigenvalue weighted by molar-refractivity contribution is -0.124. The first kappa shape index (κ1) is 15.0. The van der Waals surface area contributed by atoms with Crippen LogP contribution in [0.3, 0.4) is 0 Å². The van der Waals surface area contributed by atoms with Crippen LogP contribution in [0.25, 0.3) is 0 Å². The maximum Gasteiger partial charge on any atom is 0.264 e. The summed E-state index contributed by atoms with van der Waals surface area (Å²) in [7, 11) is -3.80. The van der Waals surface area contributed by atoms with Crippen LogP contribution in [0.4, 0.5) is 0 Å². The number of hydrogen-bond acceptors (Lipinski definition) is 4. The first-order chi connectivity index (χ1) is 11.0. The average molecular weight is 335 g/mol. The standard InChI is InChI=1S/C17H21NO4S/c19-17(13-4-3-11-8-14(11)9-13)18-23(20,21)15-5-6-16-12(10-15)2-1-7-22-16/h5-6,10-11,13-14H,1-4,7-9H2,(H,18,19). The molecule has 124 valence electrons. The Kier molecular flexibility index (Phi) is 3.59. The van der Waals surface area contributed by atoms with Gasteiger partial charge in [0.15, 0.2) is 0 Å². The molecule has 3 atom stereocenters. The van der Waals surface area contributed by atoms with Crippen molar-refractivity contribution in [1.82, 2.24) is 4.72 Å². The van der Waals surface area contributed by atoms with Crippen molar-refractivity contribution in [2.45, 2.75) is 43.4 Å². The molecule has 2 saturated carbocycles. The number of ether oxygens (including phenoxy) is 1. The zero-order valence-corrected chi connectivity index (χ0v) is 13.8. The van der Waals surface area contributed by atoms with E-state index in [2.05, 4.69) is 4.72 Å². The minimum atomic E-state index is -3.80. The Balaban J connectivity index is 1.49. The van der Waals surface area contributed by atoms with Gasteiger partial charge in [0.25, 0.3) is 10.0 Å². The first-order valence-electron chi connectivity index (χ1n) is 8.35. The van der Waals surface area contributed by atoms with E-state index in [1.54, 1.807) is 12.1 Å². The van der Waals surface area contributed by atoms with Gasteiger partial charge in [-0.2, -0.15) is 0 Å². The molecule has 0 aromatic heterocycles. The molecule has 3 unspecified atom stereocenters. The van der Waals surface area contributed by atoms with Crippen molar-refractivity contribution < 1.29 is 17.9 Å². The maximum atomic E-state index is 12.5. The molecule has 0 saturated heterocycles. The predicted octanol–water partition coefficient (Wildman–Crippen LogP) is 2.25. The molecule has 4 rings (SSSR count). The minimum Gasteiger partial charge on any atom is -0.493 e. The summed E-state index contributed by atoms with van der Waals surface area (Å²) in [6, 6.07) is 4.82. The Morgan fingerprint density at radius 3 is 2.87 bits per heavy atom. The van der Waals surface area contributed by atoms with Crippen LogP contribution in [0.5, 0.6) is 5.75 Å². The Morgan fingerprint density at radius 1 is 1.17 bits per heavy atom. The van der Waals surface area contributed by atoms with Crippen LogP contribution in [-0.2, 0) is 21.2 Å². The van der Waals surface area contributed by atoms with Crippen LogP contribution < -0.4 is 9.46 Å². The zero-order chi connectivity index (χ0) is 16.0. The van der Waals surface area contributed by atoms with E-state index in [0.29, 0.717) is 12.5 Å². The largest absolute Gasteiger partial charge is 0.493 e. The summed E-state index contributed by atoms with van der Waals surface area (Å²) in [5.41, 5.74) is 0.894. The highest BCUT2D eigenvalue weighted by molar-refractivity contribution is 7.90. The monoisotopic (exact) mass is 335 g/mol. The van der Waals surface area contributed by atoms with E-state index in [9.17, 15) is 13.2 Å². The molecule has 2 fully saturated rings. The van der Waals surface area contributed by atoms with Crippen LogP contribution in [-0.4, -0.2) is 20.9 Å². The Bertz CT molecular complexity index is 743. The van der Waals surface area contributed by atoms with E-state index in [1.807, 2.05) is 0 Å². The number of hydrogen-bond donors (Lipinski definition) is 1. The number of rotatable bonds is 3. The third kappa shape index (κ3) is 2.96. The summed E-state index contributed by atoms with van der Waals surface area (Å²) in [6.07, 6.45) is 5.59. The molecule has 5 nitrogen and oxygen atoms in total. The third-order valence-electron chi connectivity index (χ3n) is 5.34. The van der Waals surface area contributed by atoms with Gasteiger partial charge < -0.3 is 4.74 Å². The van der Waals surface area contributed by atoms with Gasteiger partial charge in [0, 0.05) is 5.92 Å². The van der Waals surface area contributed by atoms with Crippen LogP contribution in [0.1, 0.15) is 37.7 Å². The fraction of sp³-hybridized carbons (Fsp3) is 0.588. The lowest BCUT2D eigenvalue weighted by Gasteiger charge is -2.21. The van der Waals surface area contributed by atoms with Crippen LogP contribution in [0.2, 0.25) is 0 Å².